The second kappa shape index (κ2) is 5.30. The normalized spacial score (nSPS) is 10.7. The minimum Gasteiger partial charge on any atom is -0.481 e. The van der Waals surface area contributed by atoms with Crippen LogP contribution in [-0.4, -0.2) is 22.1 Å². The molecule has 7 heteroatoms. The number of fused-ring (bicyclic) bond motifs is 1. The number of nitrogen functional groups attached to an aromatic ring is 1. The van der Waals surface area contributed by atoms with E-state index in [0.29, 0.717) is 12.4 Å². The van der Waals surface area contributed by atoms with Gasteiger partial charge in [0.25, 0.3) is 0 Å². The molecule has 0 aromatic carbocycles. The zero-order valence-corrected chi connectivity index (χ0v) is 11.6. The lowest BCUT2D eigenvalue weighted by Gasteiger charge is -2.07. The lowest BCUT2D eigenvalue weighted by Crippen LogP contribution is -2.05. The highest BCUT2D eigenvalue weighted by Crippen LogP contribution is 2.26. The Hall–Kier alpha value is -2.41. The summed E-state index contributed by atoms with van der Waals surface area (Å²) in [4.78, 5) is 13.5. The third-order valence-corrected chi connectivity index (χ3v) is 3.62. The lowest BCUT2D eigenvalue weighted by atomic mass is 10.3. The Morgan fingerprint density at radius 1 is 1.30 bits per heavy atom. The van der Waals surface area contributed by atoms with Gasteiger partial charge in [0.05, 0.1) is 12.5 Å². The SMILES string of the molecule is COc1ccc(CNc2nc(N)nc3sccc23)cn1. The molecule has 3 aromatic heterocycles. The van der Waals surface area contributed by atoms with Crippen molar-refractivity contribution >= 4 is 33.3 Å². The summed E-state index contributed by atoms with van der Waals surface area (Å²) in [5, 5.41) is 6.21. The zero-order chi connectivity index (χ0) is 13.9. The first-order chi connectivity index (χ1) is 9.76. The topological polar surface area (TPSA) is 86.0 Å². The monoisotopic (exact) mass is 287 g/mol. The van der Waals surface area contributed by atoms with Crippen LogP contribution in [0.3, 0.4) is 0 Å². The molecule has 0 saturated carbocycles. The van der Waals surface area contributed by atoms with Crippen LogP contribution in [-0.2, 0) is 6.54 Å². The Bertz CT molecular complexity index is 725. The highest BCUT2D eigenvalue weighted by molar-refractivity contribution is 7.16. The number of ether oxygens (including phenoxy) is 1. The number of methoxy groups -OCH3 is 1. The van der Waals surface area contributed by atoms with Crippen molar-refractivity contribution in [2.24, 2.45) is 0 Å². The number of nitrogens with zero attached hydrogens (tertiary/aromatic N) is 3. The lowest BCUT2D eigenvalue weighted by molar-refractivity contribution is 0.397. The van der Waals surface area contributed by atoms with Crippen LogP contribution in [0.2, 0.25) is 0 Å². The Kier molecular flexibility index (Phi) is 3.34. The summed E-state index contributed by atoms with van der Waals surface area (Å²) >= 11 is 1.54. The van der Waals surface area contributed by atoms with Gasteiger partial charge in [0.15, 0.2) is 0 Å². The maximum absolute atomic E-state index is 5.71. The van der Waals surface area contributed by atoms with Crippen molar-refractivity contribution in [3.05, 3.63) is 35.3 Å². The zero-order valence-electron chi connectivity index (χ0n) is 10.8. The van der Waals surface area contributed by atoms with Gasteiger partial charge in [-0.1, -0.05) is 6.07 Å². The number of anilines is 2. The van der Waals surface area contributed by atoms with E-state index in [1.165, 1.54) is 0 Å². The molecule has 3 N–H and O–H groups in total. The van der Waals surface area contributed by atoms with Crippen molar-refractivity contribution in [3.63, 3.8) is 0 Å². The molecule has 0 fully saturated rings. The van der Waals surface area contributed by atoms with E-state index in [4.69, 9.17) is 10.5 Å². The molecular formula is C13H13N5OS. The maximum Gasteiger partial charge on any atom is 0.223 e. The molecule has 102 valence electrons. The third-order valence-electron chi connectivity index (χ3n) is 2.81. The molecule has 0 aliphatic carbocycles. The standard InChI is InChI=1S/C13H13N5OS/c1-19-10-3-2-8(6-15-10)7-16-11-9-4-5-20-12(9)18-13(14)17-11/h2-6H,7H2,1H3,(H3,14,16,17,18). The first-order valence-electron chi connectivity index (χ1n) is 6.00. The summed E-state index contributed by atoms with van der Waals surface area (Å²) in [6, 6.07) is 5.76. The van der Waals surface area contributed by atoms with Crippen LogP contribution in [0.5, 0.6) is 5.88 Å². The quantitative estimate of drug-likeness (QED) is 0.765. The molecule has 0 bridgehead atoms. The number of aromatic nitrogens is 3. The Labute approximate surface area is 119 Å². The molecular weight excluding hydrogens is 274 g/mol. The van der Waals surface area contributed by atoms with Gasteiger partial charge in [0.1, 0.15) is 10.6 Å². The average Bonchev–Trinajstić information content (AvgIpc) is 2.93. The summed E-state index contributed by atoms with van der Waals surface area (Å²) in [6.07, 6.45) is 1.77. The van der Waals surface area contributed by atoms with Crippen molar-refractivity contribution in [2.75, 3.05) is 18.2 Å². The number of hydrogen-bond acceptors (Lipinski definition) is 7. The highest BCUT2D eigenvalue weighted by Gasteiger charge is 2.07. The van der Waals surface area contributed by atoms with E-state index in [1.54, 1.807) is 24.6 Å². The van der Waals surface area contributed by atoms with Crippen molar-refractivity contribution in [3.8, 4) is 5.88 Å². The third kappa shape index (κ3) is 2.48. The number of hydrogen-bond donors (Lipinski definition) is 2. The molecule has 0 saturated heterocycles. The number of nitrogens with two attached hydrogens (primary N) is 1. The molecule has 6 nitrogen and oxygen atoms in total. The first kappa shape index (κ1) is 12.6. The molecule has 20 heavy (non-hydrogen) atoms. The van der Waals surface area contributed by atoms with Crippen LogP contribution in [0, 0.1) is 0 Å². The van der Waals surface area contributed by atoms with E-state index < -0.39 is 0 Å². The molecule has 0 unspecified atom stereocenters. The fourth-order valence-corrected chi connectivity index (χ4v) is 2.60. The van der Waals surface area contributed by atoms with Crippen molar-refractivity contribution < 1.29 is 4.74 Å². The Balaban J connectivity index is 1.80. The van der Waals surface area contributed by atoms with Gasteiger partial charge < -0.3 is 15.8 Å². The van der Waals surface area contributed by atoms with Crippen LogP contribution in [0.4, 0.5) is 11.8 Å². The second-order valence-corrected chi connectivity index (χ2v) is 5.03. The molecule has 0 atom stereocenters. The molecule has 0 radical (unpaired) electrons. The number of thiophene rings is 1. The van der Waals surface area contributed by atoms with Crippen LogP contribution in [0.25, 0.3) is 10.2 Å². The van der Waals surface area contributed by atoms with Crippen molar-refractivity contribution in [2.45, 2.75) is 6.54 Å². The summed E-state index contributed by atoms with van der Waals surface area (Å²) in [6.45, 7) is 0.610. The van der Waals surface area contributed by atoms with Gasteiger partial charge in [-0.15, -0.1) is 11.3 Å². The number of rotatable bonds is 4. The minimum absolute atomic E-state index is 0.273. The van der Waals surface area contributed by atoms with Crippen LogP contribution >= 0.6 is 11.3 Å². The molecule has 0 spiro atoms. The Morgan fingerprint density at radius 2 is 2.20 bits per heavy atom. The van der Waals surface area contributed by atoms with E-state index in [0.717, 1.165) is 21.6 Å². The van der Waals surface area contributed by atoms with Gasteiger partial charge >= 0.3 is 0 Å². The van der Waals surface area contributed by atoms with Gasteiger partial charge in [-0.3, -0.25) is 0 Å². The van der Waals surface area contributed by atoms with Gasteiger partial charge in [0.2, 0.25) is 11.8 Å². The maximum atomic E-state index is 5.71. The molecule has 3 rings (SSSR count). The largest absolute Gasteiger partial charge is 0.481 e. The summed E-state index contributed by atoms with van der Waals surface area (Å²) in [7, 11) is 1.59. The molecule has 3 aromatic rings. The predicted octanol–water partition coefficient (Wildman–Crippen LogP) is 2.29. The van der Waals surface area contributed by atoms with Crippen molar-refractivity contribution in [1.82, 2.24) is 15.0 Å². The van der Waals surface area contributed by atoms with Gasteiger partial charge in [-0.05, 0) is 17.0 Å². The van der Waals surface area contributed by atoms with E-state index >= 15 is 0 Å². The molecule has 3 heterocycles. The highest BCUT2D eigenvalue weighted by atomic mass is 32.1. The minimum atomic E-state index is 0.273. The van der Waals surface area contributed by atoms with E-state index in [9.17, 15) is 0 Å². The molecule has 0 amide bonds. The fraction of sp³-hybridized carbons (Fsp3) is 0.154. The van der Waals surface area contributed by atoms with Gasteiger partial charge in [-0.25, -0.2) is 9.97 Å². The molecule has 0 aliphatic rings. The van der Waals surface area contributed by atoms with Crippen molar-refractivity contribution in [1.29, 1.82) is 0 Å². The van der Waals surface area contributed by atoms with E-state index in [-0.39, 0.29) is 5.95 Å². The Morgan fingerprint density at radius 3 is 2.95 bits per heavy atom. The molecule has 0 aliphatic heterocycles. The van der Waals surface area contributed by atoms with E-state index in [1.807, 2.05) is 23.6 Å². The van der Waals surface area contributed by atoms with E-state index in [2.05, 4.69) is 20.3 Å². The fourth-order valence-electron chi connectivity index (χ4n) is 1.83. The predicted molar refractivity (Wildman–Crippen MR) is 79.9 cm³/mol. The van der Waals surface area contributed by atoms with Crippen LogP contribution in [0.1, 0.15) is 5.56 Å². The number of pyridine rings is 1. The second-order valence-electron chi connectivity index (χ2n) is 4.13. The van der Waals surface area contributed by atoms with Crippen LogP contribution < -0.4 is 15.8 Å². The average molecular weight is 287 g/mol. The summed E-state index contributed by atoms with van der Waals surface area (Å²) in [5.74, 6) is 1.61. The summed E-state index contributed by atoms with van der Waals surface area (Å²) < 4.78 is 5.03. The smallest absolute Gasteiger partial charge is 0.223 e. The van der Waals surface area contributed by atoms with Crippen LogP contribution in [0.15, 0.2) is 29.8 Å². The number of nitrogens with one attached hydrogen (secondary N) is 1. The first-order valence-corrected chi connectivity index (χ1v) is 6.88. The van der Waals surface area contributed by atoms with Gasteiger partial charge in [-0.2, -0.15) is 4.98 Å². The van der Waals surface area contributed by atoms with Gasteiger partial charge in [0, 0.05) is 18.8 Å². The summed E-state index contributed by atoms with van der Waals surface area (Å²) in [5.41, 5.74) is 6.74.